The van der Waals surface area contributed by atoms with Crippen LogP contribution in [0.5, 0.6) is 0 Å². The molecule has 0 aliphatic rings. The van der Waals surface area contributed by atoms with E-state index in [0.29, 0.717) is 11.5 Å². The van der Waals surface area contributed by atoms with E-state index in [9.17, 15) is 4.79 Å². The number of hydrogen-bond acceptors (Lipinski definition) is 5. The molecule has 2 rings (SSSR count). The van der Waals surface area contributed by atoms with Crippen LogP contribution in [0.2, 0.25) is 0 Å². The third-order valence-electron chi connectivity index (χ3n) is 2.37. The van der Waals surface area contributed by atoms with Crippen molar-refractivity contribution in [2.45, 2.75) is 25.8 Å². The molecule has 4 N–H and O–H groups in total. The van der Waals surface area contributed by atoms with Crippen LogP contribution in [0.4, 0.5) is 5.69 Å². The van der Waals surface area contributed by atoms with Gasteiger partial charge in [-0.3, -0.25) is 4.79 Å². The Labute approximate surface area is 110 Å². The van der Waals surface area contributed by atoms with Gasteiger partial charge >= 0.3 is 0 Å². The number of nitrogens with one attached hydrogen (secondary N) is 2. The molecule has 0 radical (unpaired) electrons. The molecule has 1 amide bonds. The first-order valence-corrected chi connectivity index (χ1v) is 5.87. The van der Waals surface area contributed by atoms with E-state index in [1.54, 1.807) is 12.1 Å². The molecular formula is C12H16N6O. The van der Waals surface area contributed by atoms with Crippen LogP contribution >= 0.6 is 0 Å². The van der Waals surface area contributed by atoms with Crippen LogP contribution in [0.3, 0.4) is 0 Å². The van der Waals surface area contributed by atoms with Crippen LogP contribution in [0, 0.1) is 0 Å². The largest absolute Gasteiger partial charge is 0.326 e. The lowest BCUT2D eigenvalue weighted by Crippen LogP contribution is -2.36. The normalized spacial score (nSPS) is 11.3. The Bertz CT molecular complexity index is 558. The van der Waals surface area contributed by atoms with Crippen LogP contribution in [-0.2, 0) is 4.79 Å². The molecule has 0 saturated carbocycles. The van der Waals surface area contributed by atoms with Crippen molar-refractivity contribution in [2.24, 2.45) is 5.73 Å². The minimum Gasteiger partial charge on any atom is -0.326 e. The summed E-state index contributed by atoms with van der Waals surface area (Å²) in [4.78, 5) is 11.8. The summed E-state index contributed by atoms with van der Waals surface area (Å²) in [6.07, 6.45) is 0.249. The molecule has 1 heterocycles. The zero-order valence-corrected chi connectivity index (χ0v) is 10.8. The van der Waals surface area contributed by atoms with Gasteiger partial charge < -0.3 is 11.1 Å². The van der Waals surface area contributed by atoms with Gasteiger partial charge in [0.15, 0.2) is 0 Å². The van der Waals surface area contributed by atoms with Gasteiger partial charge in [-0.25, -0.2) is 0 Å². The maximum atomic E-state index is 11.8. The van der Waals surface area contributed by atoms with Crippen molar-refractivity contribution >= 4 is 11.6 Å². The number of hydrogen-bond donors (Lipinski definition) is 3. The number of carbonyl (C=O) groups excluding carboxylic acids is 1. The summed E-state index contributed by atoms with van der Waals surface area (Å²) >= 11 is 0. The van der Waals surface area contributed by atoms with Crippen molar-refractivity contribution in [2.75, 3.05) is 5.32 Å². The van der Waals surface area contributed by atoms with E-state index in [1.807, 2.05) is 26.0 Å². The fourth-order valence-corrected chi connectivity index (χ4v) is 1.64. The molecule has 7 nitrogen and oxygen atoms in total. The molecule has 0 saturated heterocycles. The maximum Gasteiger partial charge on any atom is 0.226 e. The maximum absolute atomic E-state index is 11.8. The van der Waals surface area contributed by atoms with Gasteiger partial charge in [0.2, 0.25) is 11.7 Å². The fraction of sp³-hybridized carbons (Fsp3) is 0.333. The minimum absolute atomic E-state index is 0.127. The summed E-state index contributed by atoms with van der Waals surface area (Å²) < 4.78 is 0. The Kier molecular flexibility index (Phi) is 3.57. The average molecular weight is 260 g/mol. The smallest absolute Gasteiger partial charge is 0.226 e. The molecule has 7 heteroatoms. The van der Waals surface area contributed by atoms with Crippen molar-refractivity contribution in [3.05, 3.63) is 24.3 Å². The number of anilines is 1. The van der Waals surface area contributed by atoms with Gasteiger partial charge in [-0.15, -0.1) is 10.2 Å². The third-order valence-corrected chi connectivity index (χ3v) is 2.37. The van der Waals surface area contributed by atoms with Crippen molar-refractivity contribution in [1.29, 1.82) is 0 Å². The summed E-state index contributed by atoms with van der Waals surface area (Å²) in [5.74, 6) is 0.355. The number of H-pyrrole nitrogens is 1. The first kappa shape index (κ1) is 13.2. The quantitative estimate of drug-likeness (QED) is 0.757. The Balaban J connectivity index is 2.10. The summed E-state index contributed by atoms with van der Waals surface area (Å²) in [6, 6.07) is 7.24. The Morgan fingerprint density at radius 3 is 2.89 bits per heavy atom. The highest BCUT2D eigenvalue weighted by Gasteiger charge is 2.16. The van der Waals surface area contributed by atoms with Gasteiger partial charge in [-0.1, -0.05) is 12.1 Å². The number of rotatable bonds is 4. The summed E-state index contributed by atoms with van der Waals surface area (Å²) in [5.41, 5.74) is 6.73. The average Bonchev–Trinajstić information content (AvgIpc) is 2.79. The minimum atomic E-state index is -0.532. The van der Waals surface area contributed by atoms with Gasteiger partial charge in [-0.05, 0) is 31.2 Å². The molecule has 0 bridgehead atoms. The van der Waals surface area contributed by atoms with E-state index in [1.165, 1.54) is 0 Å². The van der Waals surface area contributed by atoms with E-state index in [4.69, 9.17) is 5.73 Å². The third kappa shape index (κ3) is 3.85. The molecule has 100 valence electrons. The SMILES string of the molecule is CC(C)(N)CC(=O)Nc1cccc(-c2nn[nH]n2)c1. The molecule has 1 aromatic carbocycles. The molecule has 1 aromatic heterocycles. The lowest BCUT2D eigenvalue weighted by atomic mass is 10.0. The standard InChI is InChI=1S/C12H16N6O/c1-12(2,13)7-10(19)14-9-5-3-4-8(6-9)11-15-17-18-16-11/h3-6H,7,13H2,1-2H3,(H,14,19)(H,15,16,17,18). The predicted octanol–water partition coefficient (Wildman–Crippen LogP) is 0.933. The lowest BCUT2D eigenvalue weighted by Gasteiger charge is -2.17. The highest BCUT2D eigenvalue weighted by Crippen LogP contribution is 2.18. The zero-order chi connectivity index (χ0) is 13.9. The van der Waals surface area contributed by atoms with Gasteiger partial charge in [0.25, 0.3) is 0 Å². The van der Waals surface area contributed by atoms with Crippen molar-refractivity contribution < 1.29 is 4.79 Å². The second-order valence-corrected chi connectivity index (χ2v) is 5.03. The Morgan fingerprint density at radius 1 is 1.47 bits per heavy atom. The van der Waals surface area contributed by atoms with Crippen LogP contribution in [-0.4, -0.2) is 32.1 Å². The van der Waals surface area contributed by atoms with E-state index in [2.05, 4.69) is 25.9 Å². The van der Waals surface area contributed by atoms with Crippen molar-refractivity contribution in [3.8, 4) is 11.4 Å². The summed E-state index contributed by atoms with van der Waals surface area (Å²) in [7, 11) is 0. The van der Waals surface area contributed by atoms with Crippen molar-refractivity contribution in [1.82, 2.24) is 20.6 Å². The van der Waals surface area contributed by atoms with Gasteiger partial charge in [0, 0.05) is 23.2 Å². The molecule has 19 heavy (non-hydrogen) atoms. The topological polar surface area (TPSA) is 110 Å². The number of aromatic amines is 1. The molecule has 0 atom stereocenters. The fourth-order valence-electron chi connectivity index (χ4n) is 1.64. The molecule has 0 aliphatic carbocycles. The van der Waals surface area contributed by atoms with Gasteiger partial charge in [0.1, 0.15) is 0 Å². The molecular weight excluding hydrogens is 244 g/mol. The number of benzene rings is 1. The van der Waals surface area contributed by atoms with Crippen LogP contribution in [0.1, 0.15) is 20.3 Å². The van der Waals surface area contributed by atoms with E-state index >= 15 is 0 Å². The number of aromatic nitrogens is 4. The second kappa shape index (κ2) is 5.15. The van der Waals surface area contributed by atoms with Crippen molar-refractivity contribution in [3.63, 3.8) is 0 Å². The monoisotopic (exact) mass is 260 g/mol. The second-order valence-electron chi connectivity index (χ2n) is 5.03. The number of nitrogens with two attached hydrogens (primary N) is 1. The first-order valence-electron chi connectivity index (χ1n) is 5.87. The van der Waals surface area contributed by atoms with Crippen LogP contribution in [0.25, 0.3) is 11.4 Å². The predicted molar refractivity (Wildman–Crippen MR) is 71.1 cm³/mol. The summed E-state index contributed by atoms with van der Waals surface area (Å²) in [6.45, 7) is 3.62. The Morgan fingerprint density at radius 2 is 2.26 bits per heavy atom. The number of carbonyl (C=O) groups is 1. The highest BCUT2D eigenvalue weighted by atomic mass is 16.1. The number of nitrogens with zero attached hydrogens (tertiary/aromatic N) is 3. The molecule has 0 unspecified atom stereocenters. The van der Waals surface area contributed by atoms with Gasteiger partial charge in [-0.2, -0.15) is 5.21 Å². The van der Waals surface area contributed by atoms with E-state index < -0.39 is 5.54 Å². The molecule has 2 aromatic rings. The Hall–Kier alpha value is -2.28. The van der Waals surface area contributed by atoms with Crippen LogP contribution < -0.4 is 11.1 Å². The highest BCUT2D eigenvalue weighted by molar-refractivity contribution is 5.92. The lowest BCUT2D eigenvalue weighted by molar-refractivity contribution is -0.117. The van der Waals surface area contributed by atoms with E-state index in [0.717, 1.165) is 5.56 Å². The number of tetrazole rings is 1. The van der Waals surface area contributed by atoms with Crippen LogP contribution in [0.15, 0.2) is 24.3 Å². The number of amides is 1. The zero-order valence-electron chi connectivity index (χ0n) is 10.8. The molecule has 0 spiro atoms. The summed E-state index contributed by atoms with van der Waals surface area (Å²) in [5, 5.41) is 16.5. The van der Waals surface area contributed by atoms with Gasteiger partial charge in [0.05, 0.1) is 0 Å². The van der Waals surface area contributed by atoms with E-state index in [-0.39, 0.29) is 12.3 Å². The molecule has 0 fully saturated rings. The molecule has 0 aliphatic heterocycles. The first-order chi connectivity index (χ1) is 8.94.